The van der Waals surface area contributed by atoms with Crippen LogP contribution >= 0.6 is 0 Å². The van der Waals surface area contributed by atoms with Gasteiger partial charge in [0.25, 0.3) is 0 Å². The maximum absolute atomic E-state index is 13.9. The second-order valence-corrected chi connectivity index (χ2v) is 8.78. The van der Waals surface area contributed by atoms with Crippen LogP contribution in [0.25, 0.3) is 10.9 Å². The first kappa shape index (κ1) is 25.3. The lowest BCUT2D eigenvalue weighted by atomic mass is 10.2. The SMILES string of the molecule is CCOc1cc(OC[C@H]2CCCN2)c2c(Nc3cnn(CC(=O)Nc4cccc(F)c4F)c3)ncnc2c1. The van der Waals surface area contributed by atoms with Crippen molar-refractivity contribution in [3.8, 4) is 11.5 Å². The van der Waals surface area contributed by atoms with Crippen LogP contribution in [0.4, 0.5) is 26.0 Å². The van der Waals surface area contributed by atoms with Gasteiger partial charge in [-0.3, -0.25) is 9.48 Å². The topological polar surface area (TPSA) is 115 Å². The summed E-state index contributed by atoms with van der Waals surface area (Å²) in [4.78, 5) is 21.2. The van der Waals surface area contributed by atoms with Crippen molar-refractivity contribution in [2.45, 2.75) is 32.4 Å². The molecule has 3 N–H and O–H groups in total. The van der Waals surface area contributed by atoms with E-state index >= 15 is 0 Å². The highest BCUT2D eigenvalue weighted by molar-refractivity contribution is 5.96. The Bertz CT molecular complexity index is 1440. The molecule has 1 amide bonds. The summed E-state index contributed by atoms with van der Waals surface area (Å²) < 4.78 is 40.6. The molecule has 0 spiro atoms. The van der Waals surface area contributed by atoms with Gasteiger partial charge in [-0.05, 0) is 38.4 Å². The molecule has 4 aromatic rings. The highest BCUT2D eigenvalue weighted by Gasteiger charge is 2.18. The van der Waals surface area contributed by atoms with Gasteiger partial charge in [-0.15, -0.1) is 0 Å². The highest BCUT2D eigenvalue weighted by Crippen LogP contribution is 2.35. The smallest absolute Gasteiger partial charge is 0.246 e. The van der Waals surface area contributed by atoms with Crippen molar-refractivity contribution >= 4 is 34.0 Å². The fourth-order valence-electron chi connectivity index (χ4n) is 4.27. The third-order valence-corrected chi connectivity index (χ3v) is 6.02. The summed E-state index contributed by atoms with van der Waals surface area (Å²) in [6, 6.07) is 7.50. The van der Waals surface area contributed by atoms with Crippen LogP contribution in [-0.2, 0) is 11.3 Å². The van der Waals surface area contributed by atoms with Crippen LogP contribution in [0, 0.1) is 11.6 Å². The number of amides is 1. The number of aromatic nitrogens is 4. The highest BCUT2D eigenvalue weighted by atomic mass is 19.2. The zero-order chi connectivity index (χ0) is 26.5. The molecule has 1 atom stereocenters. The standard InChI is InChI=1S/C26H27F2N7O3/c1-2-37-18-9-21-24(22(10-18)38-14-16-5-4-8-29-16)26(31-15-30-21)33-17-11-32-35(12-17)13-23(36)34-20-7-3-6-19(27)25(20)28/h3,6-7,9-12,15-16,29H,2,4-5,8,13-14H2,1H3,(H,34,36)(H,30,31,33)/t16-/m1/s1. The lowest BCUT2D eigenvalue weighted by Crippen LogP contribution is -2.28. The van der Waals surface area contributed by atoms with E-state index in [2.05, 4.69) is 31.0 Å². The van der Waals surface area contributed by atoms with Crippen molar-refractivity contribution in [2.75, 3.05) is 30.4 Å². The van der Waals surface area contributed by atoms with Crippen LogP contribution in [0.1, 0.15) is 19.8 Å². The van der Waals surface area contributed by atoms with Gasteiger partial charge in [-0.25, -0.2) is 18.7 Å². The number of hydrogen-bond donors (Lipinski definition) is 3. The predicted molar refractivity (Wildman–Crippen MR) is 138 cm³/mol. The Hall–Kier alpha value is -4.32. The molecule has 0 radical (unpaired) electrons. The minimum absolute atomic E-state index is 0.206. The van der Waals surface area contributed by atoms with Crippen molar-refractivity contribution in [3.05, 3.63) is 60.7 Å². The average Bonchev–Trinajstić information content (AvgIpc) is 3.58. The monoisotopic (exact) mass is 523 g/mol. The zero-order valence-corrected chi connectivity index (χ0v) is 20.7. The zero-order valence-electron chi connectivity index (χ0n) is 20.7. The largest absolute Gasteiger partial charge is 0.494 e. The van der Waals surface area contributed by atoms with Crippen LogP contribution in [-0.4, -0.2) is 51.5 Å². The molecule has 3 heterocycles. The van der Waals surface area contributed by atoms with Crippen LogP contribution < -0.4 is 25.4 Å². The van der Waals surface area contributed by atoms with Gasteiger partial charge in [-0.1, -0.05) is 6.07 Å². The molecule has 1 fully saturated rings. The maximum atomic E-state index is 13.9. The number of carbonyl (C=O) groups is 1. The third kappa shape index (κ3) is 5.80. The van der Waals surface area contributed by atoms with Crippen molar-refractivity contribution in [1.82, 2.24) is 25.1 Å². The van der Waals surface area contributed by atoms with Gasteiger partial charge >= 0.3 is 0 Å². The lowest BCUT2D eigenvalue weighted by molar-refractivity contribution is -0.116. The van der Waals surface area contributed by atoms with E-state index in [9.17, 15) is 13.6 Å². The average molecular weight is 524 g/mol. The Morgan fingerprint density at radius 3 is 2.95 bits per heavy atom. The maximum Gasteiger partial charge on any atom is 0.246 e. The van der Waals surface area contributed by atoms with E-state index in [-0.39, 0.29) is 18.3 Å². The van der Waals surface area contributed by atoms with Gasteiger partial charge in [0.05, 0.1) is 35.1 Å². The summed E-state index contributed by atoms with van der Waals surface area (Å²) in [5.74, 6) is -0.982. The molecule has 38 heavy (non-hydrogen) atoms. The number of rotatable bonds is 10. The molecule has 0 unspecified atom stereocenters. The molecule has 0 bridgehead atoms. The normalized spacial score (nSPS) is 15.0. The van der Waals surface area contributed by atoms with Crippen LogP contribution in [0.15, 0.2) is 49.1 Å². The first-order valence-electron chi connectivity index (χ1n) is 12.3. The number of nitrogens with zero attached hydrogens (tertiary/aromatic N) is 4. The number of nitrogens with one attached hydrogen (secondary N) is 3. The molecule has 0 aliphatic carbocycles. The second-order valence-electron chi connectivity index (χ2n) is 8.78. The van der Waals surface area contributed by atoms with Crippen molar-refractivity contribution in [3.63, 3.8) is 0 Å². The van der Waals surface area contributed by atoms with Crippen molar-refractivity contribution < 1.29 is 23.0 Å². The number of benzene rings is 2. The predicted octanol–water partition coefficient (Wildman–Crippen LogP) is 4.02. The molecule has 2 aromatic heterocycles. The summed E-state index contributed by atoms with van der Waals surface area (Å²) in [6.07, 6.45) is 6.73. The quantitative estimate of drug-likeness (QED) is 0.286. The third-order valence-electron chi connectivity index (χ3n) is 6.02. The molecule has 1 aliphatic heterocycles. The summed E-state index contributed by atoms with van der Waals surface area (Å²) in [5.41, 5.74) is 0.971. The molecule has 12 heteroatoms. The van der Waals surface area contributed by atoms with Gasteiger partial charge in [0.15, 0.2) is 11.6 Å². The number of ether oxygens (including phenoxy) is 2. The molecular formula is C26H27F2N7O3. The van der Waals surface area contributed by atoms with Crippen molar-refractivity contribution in [2.24, 2.45) is 0 Å². The summed E-state index contributed by atoms with van der Waals surface area (Å²) in [6.45, 7) is 3.68. The molecule has 0 saturated carbocycles. The Morgan fingerprint density at radius 1 is 1.24 bits per heavy atom. The molecule has 198 valence electrons. The molecular weight excluding hydrogens is 496 g/mol. The van der Waals surface area contributed by atoms with Crippen LogP contribution in [0.3, 0.4) is 0 Å². The number of hydrogen-bond acceptors (Lipinski definition) is 8. The first-order valence-corrected chi connectivity index (χ1v) is 12.3. The fourth-order valence-corrected chi connectivity index (χ4v) is 4.27. The number of fused-ring (bicyclic) bond motifs is 1. The van der Waals surface area contributed by atoms with Gasteiger partial charge in [-0.2, -0.15) is 5.10 Å². The van der Waals surface area contributed by atoms with E-state index in [1.165, 1.54) is 29.3 Å². The molecule has 1 saturated heterocycles. The van der Waals surface area contributed by atoms with Gasteiger partial charge in [0.1, 0.15) is 36.8 Å². The number of anilines is 3. The minimum Gasteiger partial charge on any atom is -0.494 e. The Kier molecular flexibility index (Phi) is 7.59. The summed E-state index contributed by atoms with van der Waals surface area (Å²) >= 11 is 0. The van der Waals surface area contributed by atoms with E-state index in [4.69, 9.17) is 9.47 Å². The lowest BCUT2D eigenvalue weighted by Gasteiger charge is -2.16. The van der Waals surface area contributed by atoms with E-state index in [1.807, 2.05) is 19.1 Å². The molecule has 2 aromatic carbocycles. The minimum atomic E-state index is -1.12. The first-order chi connectivity index (χ1) is 18.5. The van der Waals surface area contributed by atoms with E-state index in [0.717, 1.165) is 25.5 Å². The Labute approximate surface area is 217 Å². The molecule has 1 aliphatic rings. The fraction of sp³-hybridized carbons (Fsp3) is 0.308. The number of carbonyl (C=O) groups excluding carboxylic acids is 1. The Morgan fingerprint density at radius 2 is 2.13 bits per heavy atom. The van der Waals surface area contributed by atoms with Gasteiger partial charge < -0.3 is 25.4 Å². The summed E-state index contributed by atoms with van der Waals surface area (Å²) in [5, 5.41) is 13.9. The van der Waals surface area contributed by atoms with Crippen LogP contribution in [0.2, 0.25) is 0 Å². The van der Waals surface area contributed by atoms with E-state index in [1.54, 1.807) is 6.20 Å². The van der Waals surface area contributed by atoms with Crippen LogP contribution in [0.5, 0.6) is 11.5 Å². The molecule has 5 rings (SSSR count). The summed E-state index contributed by atoms with van der Waals surface area (Å²) in [7, 11) is 0. The Balaban J connectivity index is 1.34. The number of halogens is 2. The van der Waals surface area contributed by atoms with E-state index in [0.29, 0.717) is 47.1 Å². The van der Waals surface area contributed by atoms with Gasteiger partial charge in [0.2, 0.25) is 5.91 Å². The van der Waals surface area contributed by atoms with Crippen molar-refractivity contribution in [1.29, 1.82) is 0 Å². The molecule has 10 nitrogen and oxygen atoms in total. The van der Waals surface area contributed by atoms with Gasteiger partial charge in [0, 0.05) is 24.4 Å². The van der Waals surface area contributed by atoms with E-state index < -0.39 is 17.5 Å². The second kappa shape index (κ2) is 11.4.